The summed E-state index contributed by atoms with van der Waals surface area (Å²) in [6.07, 6.45) is -3.19. The average molecular weight is 485 g/mol. The lowest BCUT2D eigenvalue weighted by molar-refractivity contribution is -0.124. The molecule has 2 unspecified atom stereocenters. The number of nitrogens with one attached hydrogen (secondary N) is 3. The molecule has 1 saturated heterocycles. The number of carbonyl (C=O) groups excluding carboxylic acids is 1. The molecule has 0 saturated carbocycles. The molecule has 14 heteroatoms. The van der Waals surface area contributed by atoms with Gasteiger partial charge in [0.15, 0.2) is 11.6 Å². The highest BCUT2D eigenvalue weighted by molar-refractivity contribution is 5.72. The van der Waals surface area contributed by atoms with Gasteiger partial charge in [0.25, 0.3) is 0 Å². The molecule has 0 radical (unpaired) electrons. The summed E-state index contributed by atoms with van der Waals surface area (Å²) in [7, 11) is 1.59. The molecule has 4 heterocycles. The molecular weight excluding hydrogens is 459 g/mol. The Bertz CT molecular complexity index is 1090. The van der Waals surface area contributed by atoms with Gasteiger partial charge < -0.3 is 24.8 Å². The predicted octanol–water partition coefficient (Wildman–Crippen LogP) is 3.49. The molecule has 3 aromatic rings. The van der Waals surface area contributed by atoms with Gasteiger partial charge in [0.05, 0.1) is 24.6 Å². The molecule has 3 aromatic heterocycles. The number of carbonyl (C=O) groups is 1. The van der Waals surface area contributed by atoms with Crippen LogP contribution >= 0.6 is 0 Å². The fourth-order valence-electron chi connectivity index (χ4n) is 3.24. The molecule has 3 N–H and O–H groups in total. The van der Waals surface area contributed by atoms with Crippen LogP contribution in [0.1, 0.15) is 37.8 Å². The Morgan fingerprint density at radius 2 is 2.15 bits per heavy atom. The van der Waals surface area contributed by atoms with E-state index in [0.29, 0.717) is 23.9 Å². The number of rotatable bonds is 7. The van der Waals surface area contributed by atoms with Crippen molar-refractivity contribution in [1.82, 2.24) is 30.1 Å². The normalized spacial score (nSPS) is 17.8. The van der Waals surface area contributed by atoms with Crippen LogP contribution in [-0.2, 0) is 20.8 Å². The molecule has 34 heavy (non-hydrogen) atoms. The number of hydrogen-bond acceptors (Lipinski definition) is 8. The van der Waals surface area contributed by atoms with Crippen molar-refractivity contribution >= 4 is 23.2 Å². The van der Waals surface area contributed by atoms with E-state index in [1.54, 1.807) is 35.4 Å². The van der Waals surface area contributed by atoms with Crippen molar-refractivity contribution < 1.29 is 32.2 Å². The lowest BCUT2D eigenvalue weighted by Crippen LogP contribution is -2.36. The molecule has 0 spiro atoms. The summed E-state index contributed by atoms with van der Waals surface area (Å²) in [5, 5.41) is 16.2. The van der Waals surface area contributed by atoms with Crippen molar-refractivity contribution in [2.45, 2.75) is 45.3 Å². The van der Waals surface area contributed by atoms with Gasteiger partial charge in [0.1, 0.15) is 24.3 Å². The number of anilines is 2. The Balaban J connectivity index is 0.00000158. The summed E-state index contributed by atoms with van der Waals surface area (Å²) >= 11 is 0. The van der Waals surface area contributed by atoms with E-state index in [-0.39, 0.29) is 13.0 Å². The van der Waals surface area contributed by atoms with Crippen LogP contribution in [0, 0.1) is 0 Å². The zero-order chi connectivity index (χ0) is 24.7. The number of amides is 1. The summed E-state index contributed by atoms with van der Waals surface area (Å²) in [6, 6.07) is 3.56. The van der Waals surface area contributed by atoms with Crippen LogP contribution in [0.3, 0.4) is 0 Å². The van der Waals surface area contributed by atoms with E-state index < -0.39 is 31.0 Å². The third kappa shape index (κ3) is 6.57. The number of nitrogens with zero attached hydrogens (tertiary/aromatic N) is 4. The molecular formula is C20H26F3N7O4. The van der Waals surface area contributed by atoms with Gasteiger partial charge in [-0.25, -0.2) is 14.3 Å². The van der Waals surface area contributed by atoms with Crippen LogP contribution in [0.2, 0.25) is 0 Å². The summed E-state index contributed by atoms with van der Waals surface area (Å²) in [5.74, 6) is 1.02. The van der Waals surface area contributed by atoms with Crippen LogP contribution in [0.15, 0.2) is 24.5 Å². The number of hydrogen-bond donors (Lipinski definition) is 3. The van der Waals surface area contributed by atoms with Crippen molar-refractivity contribution in [3.8, 4) is 0 Å². The Morgan fingerprint density at radius 1 is 1.35 bits per heavy atom. The lowest BCUT2D eigenvalue weighted by atomic mass is 10.1. The first-order chi connectivity index (χ1) is 16.3. The predicted molar refractivity (Wildman–Crippen MR) is 115 cm³/mol. The summed E-state index contributed by atoms with van der Waals surface area (Å²) in [4.78, 5) is 15.8. The molecule has 0 aromatic carbocycles. The van der Waals surface area contributed by atoms with Gasteiger partial charge in [-0.3, -0.25) is 5.10 Å². The Hall–Kier alpha value is -3.39. The monoisotopic (exact) mass is 485 g/mol. The van der Waals surface area contributed by atoms with E-state index in [1.807, 2.05) is 19.9 Å². The molecule has 186 valence electrons. The topological polar surface area (TPSA) is 128 Å². The first-order valence-electron chi connectivity index (χ1n) is 10.6. The number of alkyl halides is 3. The van der Waals surface area contributed by atoms with Crippen LogP contribution < -0.4 is 10.6 Å². The highest BCUT2D eigenvalue weighted by atomic mass is 19.4. The van der Waals surface area contributed by atoms with Gasteiger partial charge in [0, 0.05) is 32.0 Å². The quantitative estimate of drug-likeness (QED) is 0.464. The van der Waals surface area contributed by atoms with Gasteiger partial charge in [0.2, 0.25) is 0 Å². The summed E-state index contributed by atoms with van der Waals surface area (Å²) in [6.45, 7) is 2.97. The molecule has 1 amide bonds. The lowest BCUT2D eigenvalue weighted by Gasteiger charge is -2.12. The molecule has 0 bridgehead atoms. The van der Waals surface area contributed by atoms with Gasteiger partial charge in [-0.1, -0.05) is 13.8 Å². The van der Waals surface area contributed by atoms with Crippen LogP contribution in [0.4, 0.5) is 29.6 Å². The summed E-state index contributed by atoms with van der Waals surface area (Å²) < 4.78 is 53.8. The van der Waals surface area contributed by atoms with E-state index in [1.165, 1.54) is 0 Å². The highest BCUT2D eigenvalue weighted by Crippen LogP contribution is 2.31. The number of ether oxygens (including phenoxy) is 3. The van der Waals surface area contributed by atoms with Crippen LogP contribution in [0.25, 0.3) is 5.52 Å². The maximum absolute atomic E-state index is 12.2. The number of aromatic amines is 1. The van der Waals surface area contributed by atoms with Crippen molar-refractivity contribution in [3.63, 3.8) is 0 Å². The molecule has 1 aliphatic heterocycles. The Morgan fingerprint density at radius 3 is 2.88 bits per heavy atom. The van der Waals surface area contributed by atoms with Gasteiger partial charge >= 0.3 is 12.3 Å². The van der Waals surface area contributed by atoms with E-state index in [2.05, 4.69) is 25.6 Å². The SMILES string of the molecule is CC.COCc1cc2c(Nc3cc(C4CC(OC(=O)NCC(F)(F)F)CO4)[nH]n3)nccn2n1. The van der Waals surface area contributed by atoms with E-state index in [9.17, 15) is 18.0 Å². The minimum Gasteiger partial charge on any atom is -0.444 e. The maximum Gasteiger partial charge on any atom is 0.407 e. The average Bonchev–Trinajstić information content (AvgIpc) is 3.53. The molecule has 4 rings (SSSR count). The standard InChI is InChI=1S/C18H20F3N7O4.C2H6/c1-30-7-10-4-13-16(22-2-3-28(13)27-10)24-15-6-12(25-26-15)14-5-11(8-31-14)32-17(29)23-9-18(19,20)21;1-2/h2-4,6,11,14H,5,7-9H2,1H3,(H,23,29)(H2,22,24,25,26);1-2H3. The van der Waals surface area contributed by atoms with Crippen molar-refractivity contribution in [2.75, 3.05) is 25.6 Å². The number of fused-ring (bicyclic) bond motifs is 1. The van der Waals surface area contributed by atoms with E-state index in [4.69, 9.17) is 14.2 Å². The zero-order valence-corrected chi connectivity index (χ0v) is 18.8. The zero-order valence-electron chi connectivity index (χ0n) is 18.8. The molecule has 1 fully saturated rings. The third-order valence-electron chi connectivity index (χ3n) is 4.59. The summed E-state index contributed by atoms with van der Waals surface area (Å²) in [5.41, 5.74) is 2.10. The van der Waals surface area contributed by atoms with E-state index >= 15 is 0 Å². The highest BCUT2D eigenvalue weighted by Gasteiger charge is 2.32. The van der Waals surface area contributed by atoms with Crippen molar-refractivity contribution in [2.24, 2.45) is 0 Å². The number of halogens is 3. The second-order valence-corrected chi connectivity index (χ2v) is 7.06. The third-order valence-corrected chi connectivity index (χ3v) is 4.59. The number of aromatic nitrogens is 5. The second kappa shape index (κ2) is 11.2. The minimum atomic E-state index is -4.51. The number of H-pyrrole nitrogens is 1. The Kier molecular flexibility index (Phi) is 8.28. The van der Waals surface area contributed by atoms with Gasteiger partial charge in [-0.15, -0.1) is 0 Å². The first kappa shape index (κ1) is 25.2. The minimum absolute atomic E-state index is 0.0604. The van der Waals surface area contributed by atoms with Crippen molar-refractivity contribution in [3.05, 3.63) is 35.9 Å². The van der Waals surface area contributed by atoms with Crippen LogP contribution in [-0.4, -0.2) is 63.4 Å². The molecule has 0 aliphatic carbocycles. The van der Waals surface area contributed by atoms with Crippen LogP contribution in [0.5, 0.6) is 0 Å². The van der Waals surface area contributed by atoms with E-state index in [0.717, 1.165) is 11.2 Å². The molecule has 11 nitrogen and oxygen atoms in total. The maximum atomic E-state index is 12.2. The fourth-order valence-corrected chi connectivity index (χ4v) is 3.24. The number of alkyl carbamates (subject to hydrolysis) is 1. The van der Waals surface area contributed by atoms with Crippen molar-refractivity contribution in [1.29, 1.82) is 0 Å². The fraction of sp³-hybridized carbons (Fsp3) is 0.500. The van der Waals surface area contributed by atoms with Gasteiger partial charge in [-0.2, -0.15) is 23.4 Å². The van der Waals surface area contributed by atoms with Gasteiger partial charge in [-0.05, 0) is 6.07 Å². The molecule has 2 atom stereocenters. The molecule has 1 aliphatic rings. The first-order valence-corrected chi connectivity index (χ1v) is 10.6. The smallest absolute Gasteiger partial charge is 0.407 e. The second-order valence-electron chi connectivity index (χ2n) is 7.06. The number of methoxy groups -OCH3 is 1. The largest absolute Gasteiger partial charge is 0.444 e. The Labute approximate surface area is 193 Å².